The van der Waals surface area contributed by atoms with Crippen LogP contribution in [0.25, 0.3) is 0 Å². The molecule has 1 aromatic rings. The molecule has 2 nitrogen and oxygen atoms in total. The highest BCUT2D eigenvalue weighted by atomic mass is 15.2. The predicted octanol–water partition coefficient (Wildman–Crippen LogP) is 4.02. The van der Waals surface area contributed by atoms with Gasteiger partial charge in [-0.1, -0.05) is 38.1 Å². The second-order valence-electron chi connectivity index (χ2n) is 7.02. The summed E-state index contributed by atoms with van der Waals surface area (Å²) in [6.45, 7) is 9.25. The Bertz CT molecular complexity index is 402. The molecule has 1 aliphatic rings. The van der Waals surface area contributed by atoms with E-state index in [-0.39, 0.29) is 0 Å². The molecule has 0 aliphatic carbocycles. The van der Waals surface area contributed by atoms with Gasteiger partial charge in [0.2, 0.25) is 0 Å². The molecule has 0 bridgehead atoms. The fourth-order valence-corrected chi connectivity index (χ4v) is 3.36. The highest BCUT2D eigenvalue weighted by Gasteiger charge is 2.21. The Balaban J connectivity index is 1.99. The lowest BCUT2D eigenvalue weighted by atomic mass is 9.98. The molecular formula is C19H32N2. The van der Waals surface area contributed by atoms with Crippen molar-refractivity contribution in [3.63, 3.8) is 0 Å². The van der Waals surface area contributed by atoms with E-state index < -0.39 is 0 Å². The van der Waals surface area contributed by atoms with Crippen molar-refractivity contribution < 1.29 is 0 Å². The Kier molecular flexibility index (Phi) is 6.25. The summed E-state index contributed by atoms with van der Waals surface area (Å²) in [6, 6.07) is 10.5. The Morgan fingerprint density at radius 2 is 1.81 bits per heavy atom. The zero-order valence-corrected chi connectivity index (χ0v) is 14.2. The van der Waals surface area contributed by atoms with Crippen molar-refractivity contribution in [2.45, 2.75) is 58.5 Å². The fraction of sp³-hybridized carbons (Fsp3) is 0.684. The van der Waals surface area contributed by atoms with Gasteiger partial charge in [0.15, 0.2) is 0 Å². The Labute approximate surface area is 130 Å². The minimum Gasteiger partial charge on any atom is -0.317 e. The van der Waals surface area contributed by atoms with Crippen molar-refractivity contribution >= 4 is 0 Å². The van der Waals surface area contributed by atoms with Crippen LogP contribution in [0, 0.1) is 5.92 Å². The third-order valence-electron chi connectivity index (χ3n) is 4.84. The Morgan fingerprint density at radius 1 is 1.10 bits per heavy atom. The van der Waals surface area contributed by atoms with E-state index >= 15 is 0 Å². The molecule has 1 fully saturated rings. The van der Waals surface area contributed by atoms with Crippen molar-refractivity contribution in [2.75, 3.05) is 20.1 Å². The van der Waals surface area contributed by atoms with Gasteiger partial charge in [0.05, 0.1) is 0 Å². The van der Waals surface area contributed by atoms with Crippen molar-refractivity contribution in [1.82, 2.24) is 10.2 Å². The third-order valence-corrected chi connectivity index (χ3v) is 4.84. The normalized spacial score (nSPS) is 21.5. The molecule has 0 saturated carbocycles. The summed E-state index contributed by atoms with van der Waals surface area (Å²) >= 11 is 0. The lowest BCUT2D eigenvalue weighted by molar-refractivity contribution is 0.171. The average molecular weight is 288 g/mol. The van der Waals surface area contributed by atoms with Gasteiger partial charge in [0, 0.05) is 12.1 Å². The minimum absolute atomic E-state index is 0.501. The van der Waals surface area contributed by atoms with Gasteiger partial charge >= 0.3 is 0 Å². The van der Waals surface area contributed by atoms with Gasteiger partial charge in [-0.25, -0.2) is 0 Å². The molecule has 1 aliphatic heterocycles. The fourth-order valence-electron chi connectivity index (χ4n) is 3.36. The molecule has 0 radical (unpaired) electrons. The lowest BCUT2D eigenvalue weighted by Gasteiger charge is -2.33. The zero-order valence-electron chi connectivity index (χ0n) is 14.2. The van der Waals surface area contributed by atoms with E-state index in [9.17, 15) is 0 Å². The Morgan fingerprint density at radius 3 is 2.48 bits per heavy atom. The first-order valence-corrected chi connectivity index (χ1v) is 8.59. The summed E-state index contributed by atoms with van der Waals surface area (Å²) in [5.41, 5.74) is 2.91. The SMILES string of the molecule is CC(C)Cc1ccc(C(C)N(C)C2CCCNCC2)cc1. The number of hydrogen-bond acceptors (Lipinski definition) is 2. The number of nitrogens with one attached hydrogen (secondary N) is 1. The number of benzene rings is 1. The van der Waals surface area contributed by atoms with Crippen LogP contribution < -0.4 is 5.32 Å². The van der Waals surface area contributed by atoms with E-state index in [0.29, 0.717) is 12.1 Å². The first-order valence-electron chi connectivity index (χ1n) is 8.59. The molecule has 2 atom stereocenters. The molecule has 0 aromatic heterocycles. The van der Waals surface area contributed by atoms with Crippen molar-refractivity contribution in [1.29, 1.82) is 0 Å². The molecule has 21 heavy (non-hydrogen) atoms. The summed E-state index contributed by atoms with van der Waals surface area (Å²) in [7, 11) is 2.29. The molecule has 0 spiro atoms. The molecule has 1 saturated heterocycles. The summed E-state index contributed by atoms with van der Waals surface area (Å²) in [5, 5.41) is 3.51. The zero-order chi connectivity index (χ0) is 15.2. The second kappa shape index (κ2) is 7.95. The average Bonchev–Trinajstić information content (AvgIpc) is 2.75. The molecule has 0 amide bonds. The van der Waals surface area contributed by atoms with Gasteiger partial charge in [0.1, 0.15) is 0 Å². The lowest BCUT2D eigenvalue weighted by Crippen LogP contribution is -2.34. The van der Waals surface area contributed by atoms with Gasteiger partial charge < -0.3 is 5.32 Å². The van der Waals surface area contributed by atoms with Crippen molar-refractivity contribution in [3.05, 3.63) is 35.4 Å². The van der Waals surface area contributed by atoms with E-state index in [4.69, 9.17) is 0 Å². The number of rotatable bonds is 5. The van der Waals surface area contributed by atoms with Crippen LogP contribution in [0.4, 0.5) is 0 Å². The predicted molar refractivity (Wildman–Crippen MR) is 91.7 cm³/mol. The molecule has 2 heteroatoms. The van der Waals surface area contributed by atoms with Crippen LogP contribution in [0.2, 0.25) is 0 Å². The number of nitrogens with zero attached hydrogens (tertiary/aromatic N) is 1. The largest absolute Gasteiger partial charge is 0.317 e. The standard InChI is InChI=1S/C19H32N2/c1-15(2)14-17-7-9-18(10-8-17)16(3)21(4)19-6-5-12-20-13-11-19/h7-10,15-16,19-20H,5-6,11-14H2,1-4H3. The maximum absolute atomic E-state index is 3.51. The van der Waals surface area contributed by atoms with Gasteiger partial charge in [0.25, 0.3) is 0 Å². The second-order valence-corrected chi connectivity index (χ2v) is 7.02. The van der Waals surface area contributed by atoms with Gasteiger partial charge in [-0.2, -0.15) is 0 Å². The maximum atomic E-state index is 3.51. The van der Waals surface area contributed by atoms with Crippen LogP contribution in [0.15, 0.2) is 24.3 Å². The first-order chi connectivity index (χ1) is 10.1. The molecule has 1 aromatic carbocycles. The summed E-state index contributed by atoms with van der Waals surface area (Å²) in [5.74, 6) is 0.731. The van der Waals surface area contributed by atoms with Crippen molar-refractivity contribution in [2.24, 2.45) is 5.92 Å². The van der Waals surface area contributed by atoms with E-state index in [2.05, 4.69) is 62.3 Å². The third kappa shape index (κ3) is 4.82. The molecule has 2 unspecified atom stereocenters. The molecule has 118 valence electrons. The van der Waals surface area contributed by atoms with Crippen LogP contribution in [-0.2, 0) is 6.42 Å². The van der Waals surface area contributed by atoms with Crippen LogP contribution >= 0.6 is 0 Å². The van der Waals surface area contributed by atoms with E-state index in [1.807, 2.05) is 0 Å². The summed E-state index contributed by atoms with van der Waals surface area (Å²) < 4.78 is 0. The van der Waals surface area contributed by atoms with Crippen LogP contribution in [0.1, 0.15) is 57.2 Å². The van der Waals surface area contributed by atoms with Crippen LogP contribution in [0.5, 0.6) is 0 Å². The molecule has 1 heterocycles. The van der Waals surface area contributed by atoms with Crippen LogP contribution in [-0.4, -0.2) is 31.1 Å². The monoisotopic (exact) mass is 288 g/mol. The molecular weight excluding hydrogens is 256 g/mol. The smallest absolute Gasteiger partial charge is 0.0319 e. The molecule has 1 N–H and O–H groups in total. The van der Waals surface area contributed by atoms with E-state index in [0.717, 1.165) is 12.5 Å². The highest BCUT2D eigenvalue weighted by molar-refractivity contribution is 5.25. The highest BCUT2D eigenvalue weighted by Crippen LogP contribution is 2.25. The summed E-state index contributed by atoms with van der Waals surface area (Å²) in [6.07, 6.45) is 5.07. The van der Waals surface area contributed by atoms with Gasteiger partial charge in [-0.15, -0.1) is 0 Å². The molecule has 2 rings (SSSR count). The van der Waals surface area contributed by atoms with Crippen LogP contribution in [0.3, 0.4) is 0 Å². The quantitative estimate of drug-likeness (QED) is 0.880. The van der Waals surface area contributed by atoms with Crippen molar-refractivity contribution in [3.8, 4) is 0 Å². The maximum Gasteiger partial charge on any atom is 0.0319 e. The van der Waals surface area contributed by atoms with E-state index in [1.54, 1.807) is 0 Å². The number of hydrogen-bond donors (Lipinski definition) is 1. The topological polar surface area (TPSA) is 15.3 Å². The Hall–Kier alpha value is -0.860. The van der Waals surface area contributed by atoms with Gasteiger partial charge in [-0.3, -0.25) is 4.90 Å². The summed E-state index contributed by atoms with van der Waals surface area (Å²) in [4.78, 5) is 2.57. The minimum atomic E-state index is 0.501. The van der Waals surface area contributed by atoms with Gasteiger partial charge in [-0.05, 0) is 69.8 Å². The first kappa shape index (κ1) is 16.5. The van der Waals surface area contributed by atoms with E-state index in [1.165, 1.54) is 43.4 Å².